The molecular weight excluding hydrogens is 400 g/mol. The Labute approximate surface area is 180 Å². The smallest absolute Gasteiger partial charge is 0.277 e. The second-order valence-electron chi connectivity index (χ2n) is 7.04. The number of aromatic nitrogens is 2. The van der Waals surface area contributed by atoms with Crippen molar-refractivity contribution in [3.8, 4) is 17.2 Å². The Morgan fingerprint density at radius 2 is 1.80 bits per heavy atom. The summed E-state index contributed by atoms with van der Waals surface area (Å²) in [5, 5.41) is 8.52. The number of nitrogens with zero attached hydrogens (tertiary/aromatic N) is 4. The van der Waals surface area contributed by atoms with Crippen molar-refractivity contribution in [3.63, 3.8) is 0 Å². The highest BCUT2D eigenvalue weighted by atomic mass is 32.2. The van der Waals surface area contributed by atoms with Crippen LogP contribution in [0.1, 0.15) is 5.56 Å². The number of carbonyl (C=O) groups is 1. The number of carbonyl (C=O) groups excluding carboxylic acids is 1. The van der Waals surface area contributed by atoms with Gasteiger partial charge in [-0.25, -0.2) is 0 Å². The lowest BCUT2D eigenvalue weighted by molar-refractivity contribution is -0.128. The number of piperazine rings is 1. The minimum atomic E-state index is 0.0913. The fourth-order valence-corrected chi connectivity index (χ4v) is 4.11. The van der Waals surface area contributed by atoms with Crippen LogP contribution in [0.15, 0.2) is 58.2 Å². The van der Waals surface area contributed by atoms with Crippen molar-refractivity contribution in [2.24, 2.45) is 0 Å². The standard InChI is InChI=1S/C22H24N4O3S/c1-16-5-3-4-6-19(16)25-11-13-26(14-12-25)20(27)15-30-22-24-23-21(29-22)17-7-9-18(28-2)10-8-17/h3-10H,11-15H2,1-2H3. The number of para-hydroxylation sites is 1. The molecule has 8 heteroatoms. The Bertz CT molecular complexity index is 998. The highest BCUT2D eigenvalue weighted by Crippen LogP contribution is 2.25. The van der Waals surface area contributed by atoms with E-state index in [1.165, 1.54) is 23.0 Å². The van der Waals surface area contributed by atoms with Gasteiger partial charge in [-0.2, -0.15) is 0 Å². The van der Waals surface area contributed by atoms with Crippen molar-refractivity contribution in [2.45, 2.75) is 12.1 Å². The molecule has 7 nitrogen and oxygen atoms in total. The monoisotopic (exact) mass is 424 g/mol. The summed E-state index contributed by atoms with van der Waals surface area (Å²) in [4.78, 5) is 16.9. The van der Waals surface area contributed by atoms with Crippen LogP contribution in [-0.4, -0.2) is 60.0 Å². The predicted molar refractivity (Wildman–Crippen MR) is 117 cm³/mol. The van der Waals surface area contributed by atoms with Crippen molar-refractivity contribution in [3.05, 3.63) is 54.1 Å². The van der Waals surface area contributed by atoms with E-state index in [9.17, 15) is 4.79 Å². The molecule has 0 aliphatic carbocycles. The molecular formula is C22H24N4O3S. The zero-order valence-electron chi connectivity index (χ0n) is 17.1. The van der Waals surface area contributed by atoms with E-state index in [1.54, 1.807) is 7.11 Å². The van der Waals surface area contributed by atoms with E-state index < -0.39 is 0 Å². The van der Waals surface area contributed by atoms with Crippen molar-refractivity contribution >= 4 is 23.4 Å². The van der Waals surface area contributed by atoms with Gasteiger partial charge < -0.3 is 19.0 Å². The summed E-state index contributed by atoms with van der Waals surface area (Å²) < 4.78 is 10.8. The van der Waals surface area contributed by atoms with E-state index in [0.29, 0.717) is 24.2 Å². The van der Waals surface area contributed by atoms with Crippen molar-refractivity contribution in [2.75, 3.05) is 43.9 Å². The number of ether oxygens (including phenoxy) is 1. The van der Waals surface area contributed by atoms with E-state index in [0.717, 1.165) is 24.4 Å². The molecule has 0 bridgehead atoms. The Hall–Kier alpha value is -3.00. The molecule has 2 aromatic carbocycles. The first kappa shape index (κ1) is 20.3. The number of amides is 1. The lowest BCUT2D eigenvalue weighted by Gasteiger charge is -2.36. The Morgan fingerprint density at radius 3 is 2.50 bits per heavy atom. The highest BCUT2D eigenvalue weighted by Gasteiger charge is 2.22. The molecule has 1 aliphatic rings. The van der Waals surface area contributed by atoms with Crippen LogP contribution in [0.3, 0.4) is 0 Å². The highest BCUT2D eigenvalue weighted by molar-refractivity contribution is 7.99. The van der Waals surface area contributed by atoms with Gasteiger partial charge in [-0.15, -0.1) is 10.2 Å². The van der Waals surface area contributed by atoms with E-state index in [4.69, 9.17) is 9.15 Å². The lowest BCUT2D eigenvalue weighted by Crippen LogP contribution is -2.49. The zero-order valence-corrected chi connectivity index (χ0v) is 17.9. The summed E-state index contributed by atoms with van der Waals surface area (Å²) in [6, 6.07) is 15.8. The van der Waals surface area contributed by atoms with E-state index in [2.05, 4.69) is 40.2 Å². The van der Waals surface area contributed by atoms with Gasteiger partial charge in [-0.1, -0.05) is 30.0 Å². The van der Waals surface area contributed by atoms with Gasteiger partial charge in [0.2, 0.25) is 11.8 Å². The van der Waals surface area contributed by atoms with Crippen LogP contribution < -0.4 is 9.64 Å². The number of benzene rings is 2. The summed E-state index contributed by atoms with van der Waals surface area (Å²) in [6.45, 7) is 5.23. The van der Waals surface area contributed by atoms with Gasteiger partial charge in [0, 0.05) is 37.4 Å². The first-order valence-electron chi connectivity index (χ1n) is 9.83. The molecule has 2 heterocycles. The second-order valence-corrected chi connectivity index (χ2v) is 7.97. The zero-order chi connectivity index (χ0) is 20.9. The van der Waals surface area contributed by atoms with Crippen molar-refractivity contribution in [1.82, 2.24) is 15.1 Å². The van der Waals surface area contributed by atoms with Crippen LogP contribution in [0.2, 0.25) is 0 Å². The lowest BCUT2D eigenvalue weighted by atomic mass is 10.1. The van der Waals surface area contributed by atoms with Gasteiger partial charge in [0.25, 0.3) is 5.22 Å². The summed E-state index contributed by atoms with van der Waals surface area (Å²) in [5.41, 5.74) is 3.32. The van der Waals surface area contributed by atoms with Gasteiger partial charge in [-0.05, 0) is 42.8 Å². The van der Waals surface area contributed by atoms with Crippen LogP contribution in [0.4, 0.5) is 5.69 Å². The number of hydrogen-bond acceptors (Lipinski definition) is 7. The number of methoxy groups -OCH3 is 1. The largest absolute Gasteiger partial charge is 0.497 e. The first-order chi connectivity index (χ1) is 14.6. The van der Waals surface area contributed by atoms with Crippen LogP contribution in [0.25, 0.3) is 11.5 Å². The fraction of sp³-hybridized carbons (Fsp3) is 0.318. The number of anilines is 1. The minimum Gasteiger partial charge on any atom is -0.497 e. The van der Waals surface area contributed by atoms with Crippen molar-refractivity contribution < 1.29 is 13.9 Å². The average Bonchev–Trinajstić information content (AvgIpc) is 3.27. The maximum atomic E-state index is 12.6. The molecule has 30 heavy (non-hydrogen) atoms. The van der Waals surface area contributed by atoms with E-state index in [-0.39, 0.29) is 11.7 Å². The third kappa shape index (κ3) is 4.59. The Balaban J connectivity index is 1.28. The van der Waals surface area contributed by atoms with Gasteiger partial charge in [0.05, 0.1) is 12.9 Å². The number of rotatable bonds is 6. The first-order valence-corrected chi connectivity index (χ1v) is 10.8. The second kappa shape index (κ2) is 9.21. The van der Waals surface area contributed by atoms with Crippen LogP contribution in [0.5, 0.6) is 5.75 Å². The van der Waals surface area contributed by atoms with Gasteiger partial charge in [0.1, 0.15) is 5.75 Å². The Kier molecular flexibility index (Phi) is 6.23. The number of hydrogen-bond donors (Lipinski definition) is 0. The molecule has 1 saturated heterocycles. The number of thioether (sulfide) groups is 1. The third-order valence-corrected chi connectivity index (χ3v) is 5.95. The molecule has 0 atom stereocenters. The normalized spacial score (nSPS) is 14.1. The molecule has 0 N–H and O–H groups in total. The maximum absolute atomic E-state index is 12.6. The van der Waals surface area contributed by atoms with E-state index >= 15 is 0 Å². The molecule has 1 aliphatic heterocycles. The maximum Gasteiger partial charge on any atom is 0.277 e. The topological polar surface area (TPSA) is 71.7 Å². The molecule has 1 amide bonds. The fourth-order valence-electron chi connectivity index (χ4n) is 3.45. The quantitative estimate of drug-likeness (QED) is 0.561. The SMILES string of the molecule is COc1ccc(-c2nnc(SCC(=O)N3CCN(c4ccccc4C)CC3)o2)cc1. The molecule has 0 radical (unpaired) electrons. The summed E-state index contributed by atoms with van der Waals surface area (Å²) >= 11 is 1.28. The molecule has 0 saturated carbocycles. The molecule has 3 aromatic rings. The van der Waals surface area contributed by atoms with Crippen molar-refractivity contribution in [1.29, 1.82) is 0 Å². The molecule has 1 fully saturated rings. The molecule has 0 unspecified atom stereocenters. The molecule has 0 spiro atoms. The summed E-state index contributed by atoms with van der Waals surface area (Å²) in [5.74, 6) is 1.57. The van der Waals surface area contributed by atoms with Crippen LogP contribution in [-0.2, 0) is 4.79 Å². The molecule has 4 rings (SSSR count). The summed E-state index contributed by atoms with van der Waals surface area (Å²) in [7, 11) is 1.62. The van der Waals surface area contributed by atoms with Crippen LogP contribution >= 0.6 is 11.8 Å². The Morgan fingerprint density at radius 1 is 1.07 bits per heavy atom. The molecule has 156 valence electrons. The third-order valence-electron chi connectivity index (χ3n) is 5.15. The van der Waals surface area contributed by atoms with Crippen LogP contribution in [0, 0.1) is 6.92 Å². The minimum absolute atomic E-state index is 0.0913. The average molecular weight is 425 g/mol. The molecule has 1 aromatic heterocycles. The van der Waals surface area contributed by atoms with Gasteiger partial charge in [-0.3, -0.25) is 4.79 Å². The van der Waals surface area contributed by atoms with E-state index in [1.807, 2.05) is 35.2 Å². The van der Waals surface area contributed by atoms with Gasteiger partial charge >= 0.3 is 0 Å². The van der Waals surface area contributed by atoms with Gasteiger partial charge in [0.15, 0.2) is 0 Å². The summed E-state index contributed by atoms with van der Waals surface area (Å²) in [6.07, 6.45) is 0. The number of aryl methyl sites for hydroxylation is 1. The predicted octanol–water partition coefficient (Wildman–Crippen LogP) is 3.49.